The van der Waals surface area contributed by atoms with Gasteiger partial charge in [0.15, 0.2) is 5.76 Å². The van der Waals surface area contributed by atoms with Crippen LogP contribution >= 0.6 is 11.5 Å². The Hall–Kier alpha value is -3.72. The van der Waals surface area contributed by atoms with E-state index in [2.05, 4.69) is 21.4 Å². The van der Waals surface area contributed by atoms with Crippen LogP contribution in [0, 0.1) is 17.0 Å². The van der Waals surface area contributed by atoms with Crippen LogP contribution in [0.1, 0.15) is 16.1 Å². The summed E-state index contributed by atoms with van der Waals surface area (Å²) >= 11 is 1.49. The molecule has 32 heavy (non-hydrogen) atoms. The fourth-order valence-corrected chi connectivity index (χ4v) is 4.77. The van der Waals surface area contributed by atoms with Crippen molar-refractivity contribution in [1.29, 1.82) is 0 Å². The van der Waals surface area contributed by atoms with Gasteiger partial charge >= 0.3 is 0 Å². The van der Waals surface area contributed by atoms with E-state index in [0.717, 1.165) is 15.9 Å². The molecule has 5 rings (SSSR count). The molecule has 0 bridgehead atoms. The molecule has 0 saturated carbocycles. The summed E-state index contributed by atoms with van der Waals surface area (Å²) in [6.45, 7) is 4.33. The van der Waals surface area contributed by atoms with Gasteiger partial charge in [-0.05, 0) is 36.7 Å². The van der Waals surface area contributed by atoms with E-state index in [1.807, 2.05) is 19.1 Å². The van der Waals surface area contributed by atoms with Crippen molar-refractivity contribution in [3.8, 4) is 11.3 Å². The molecule has 0 aliphatic carbocycles. The maximum Gasteiger partial charge on any atom is 0.289 e. The average Bonchev–Trinajstić information content (AvgIpc) is 3.42. The van der Waals surface area contributed by atoms with Gasteiger partial charge < -0.3 is 14.2 Å². The molecule has 8 nitrogen and oxygen atoms in total. The number of nitrogens with zero attached hydrogens (tertiary/aromatic N) is 4. The molecule has 162 valence electrons. The van der Waals surface area contributed by atoms with Gasteiger partial charge in [0.2, 0.25) is 0 Å². The SMILES string of the molecule is Cc1cc(-c2cccc([N+](=O)[O-])c2)oc1C(=O)N1CCN(c2nsc3ccccc23)CC1. The Kier molecular flexibility index (Phi) is 5.10. The van der Waals surface area contributed by atoms with Gasteiger partial charge in [-0.2, -0.15) is 4.37 Å². The Morgan fingerprint density at radius 2 is 1.88 bits per heavy atom. The number of anilines is 1. The molecular weight excluding hydrogens is 428 g/mol. The predicted octanol–water partition coefficient (Wildman–Crippen LogP) is 4.74. The highest BCUT2D eigenvalue weighted by Gasteiger charge is 2.28. The zero-order chi connectivity index (χ0) is 22.2. The summed E-state index contributed by atoms with van der Waals surface area (Å²) < 4.78 is 11.6. The van der Waals surface area contributed by atoms with Gasteiger partial charge in [0.1, 0.15) is 11.6 Å². The number of piperazine rings is 1. The lowest BCUT2D eigenvalue weighted by Gasteiger charge is -2.34. The maximum atomic E-state index is 13.1. The van der Waals surface area contributed by atoms with Crippen molar-refractivity contribution in [2.45, 2.75) is 6.92 Å². The van der Waals surface area contributed by atoms with E-state index in [-0.39, 0.29) is 17.4 Å². The molecule has 0 radical (unpaired) electrons. The molecule has 1 aliphatic heterocycles. The van der Waals surface area contributed by atoms with Crippen LogP contribution in [0.3, 0.4) is 0 Å². The highest BCUT2D eigenvalue weighted by Crippen LogP contribution is 2.31. The van der Waals surface area contributed by atoms with Gasteiger partial charge in [0.25, 0.3) is 11.6 Å². The molecular formula is C23H20N4O4S. The molecule has 0 unspecified atom stereocenters. The van der Waals surface area contributed by atoms with Crippen LogP contribution < -0.4 is 4.90 Å². The maximum absolute atomic E-state index is 13.1. The molecule has 1 amide bonds. The molecule has 2 aromatic carbocycles. The van der Waals surface area contributed by atoms with Crippen LogP contribution in [0.25, 0.3) is 21.4 Å². The average molecular weight is 449 g/mol. The first-order valence-corrected chi connectivity index (χ1v) is 11.0. The first-order chi connectivity index (χ1) is 15.5. The van der Waals surface area contributed by atoms with E-state index in [4.69, 9.17) is 4.42 Å². The van der Waals surface area contributed by atoms with Gasteiger partial charge in [-0.3, -0.25) is 14.9 Å². The van der Waals surface area contributed by atoms with Crippen molar-refractivity contribution in [2.75, 3.05) is 31.1 Å². The molecule has 0 atom stereocenters. The van der Waals surface area contributed by atoms with Crippen molar-refractivity contribution in [3.05, 3.63) is 76.0 Å². The zero-order valence-corrected chi connectivity index (χ0v) is 18.2. The predicted molar refractivity (Wildman–Crippen MR) is 123 cm³/mol. The fourth-order valence-electron chi connectivity index (χ4n) is 3.98. The molecule has 3 heterocycles. The van der Waals surface area contributed by atoms with E-state index in [1.165, 1.54) is 23.7 Å². The quantitative estimate of drug-likeness (QED) is 0.331. The molecule has 1 aliphatic rings. The van der Waals surface area contributed by atoms with Gasteiger partial charge in [-0.25, -0.2) is 0 Å². The van der Waals surface area contributed by atoms with Crippen LogP contribution in [0.4, 0.5) is 11.5 Å². The second-order valence-corrected chi connectivity index (χ2v) is 8.52. The summed E-state index contributed by atoms with van der Waals surface area (Å²) in [4.78, 5) is 27.8. The van der Waals surface area contributed by atoms with Crippen molar-refractivity contribution in [2.24, 2.45) is 0 Å². The summed E-state index contributed by atoms with van der Waals surface area (Å²) in [5.74, 6) is 1.53. The Balaban J connectivity index is 1.31. The first kappa shape index (κ1) is 20.2. The summed E-state index contributed by atoms with van der Waals surface area (Å²) in [5.41, 5.74) is 1.26. The minimum atomic E-state index is -0.448. The number of non-ortho nitro benzene ring substituents is 1. The van der Waals surface area contributed by atoms with Gasteiger partial charge in [-0.15, -0.1) is 0 Å². The molecule has 4 aromatic rings. The Morgan fingerprint density at radius 1 is 1.09 bits per heavy atom. The minimum absolute atomic E-state index is 0.0184. The fraction of sp³-hybridized carbons (Fsp3) is 0.217. The number of aromatic nitrogens is 1. The number of carbonyl (C=O) groups is 1. The Bertz CT molecular complexity index is 1320. The number of carbonyl (C=O) groups excluding carboxylic acids is 1. The van der Waals surface area contributed by atoms with Crippen molar-refractivity contribution in [1.82, 2.24) is 9.27 Å². The number of nitro groups is 1. The number of hydrogen-bond donors (Lipinski definition) is 0. The van der Waals surface area contributed by atoms with Gasteiger partial charge in [0.05, 0.1) is 9.62 Å². The van der Waals surface area contributed by atoms with E-state index >= 15 is 0 Å². The number of hydrogen-bond acceptors (Lipinski definition) is 7. The topological polar surface area (TPSA) is 92.7 Å². The largest absolute Gasteiger partial charge is 0.451 e. The van der Waals surface area contributed by atoms with E-state index < -0.39 is 4.92 Å². The third-order valence-electron chi connectivity index (χ3n) is 5.68. The second-order valence-electron chi connectivity index (χ2n) is 7.71. The number of nitro benzene ring substituents is 1. The number of benzene rings is 2. The summed E-state index contributed by atoms with van der Waals surface area (Å²) in [5, 5.41) is 12.2. The number of fused-ring (bicyclic) bond motifs is 1. The van der Waals surface area contributed by atoms with Crippen molar-refractivity contribution in [3.63, 3.8) is 0 Å². The lowest BCUT2D eigenvalue weighted by atomic mass is 10.1. The molecule has 9 heteroatoms. The molecule has 1 saturated heterocycles. The van der Waals surface area contributed by atoms with Crippen LogP contribution in [0.5, 0.6) is 0 Å². The Morgan fingerprint density at radius 3 is 2.66 bits per heavy atom. The van der Waals surface area contributed by atoms with Crippen LogP contribution in [0.2, 0.25) is 0 Å². The smallest absolute Gasteiger partial charge is 0.289 e. The lowest BCUT2D eigenvalue weighted by molar-refractivity contribution is -0.384. The minimum Gasteiger partial charge on any atom is -0.451 e. The van der Waals surface area contributed by atoms with Crippen LogP contribution in [-0.4, -0.2) is 46.3 Å². The number of rotatable bonds is 4. The normalized spacial score (nSPS) is 14.2. The Labute approximate surface area is 188 Å². The standard InChI is InChI=1S/C23H20N4O4S/c1-15-13-19(16-5-4-6-17(14-16)27(29)30)31-21(15)23(28)26-11-9-25(10-12-26)22-18-7-2-3-8-20(18)32-24-22/h2-8,13-14H,9-12H2,1H3. The highest BCUT2D eigenvalue weighted by molar-refractivity contribution is 7.13. The third-order valence-corrected chi connectivity index (χ3v) is 6.50. The third kappa shape index (κ3) is 3.60. The zero-order valence-electron chi connectivity index (χ0n) is 17.4. The molecule has 1 fully saturated rings. The molecule has 0 spiro atoms. The van der Waals surface area contributed by atoms with Gasteiger partial charge in [-0.1, -0.05) is 24.3 Å². The summed E-state index contributed by atoms with van der Waals surface area (Å²) in [6.07, 6.45) is 0. The van der Waals surface area contributed by atoms with Gasteiger partial charge in [0, 0.05) is 54.8 Å². The second kappa shape index (κ2) is 8.08. The monoisotopic (exact) mass is 448 g/mol. The molecule has 2 aromatic heterocycles. The van der Waals surface area contributed by atoms with Crippen molar-refractivity contribution < 1.29 is 14.1 Å². The highest BCUT2D eigenvalue weighted by atomic mass is 32.1. The van der Waals surface area contributed by atoms with E-state index in [9.17, 15) is 14.9 Å². The molecule has 0 N–H and O–H groups in total. The first-order valence-electron chi connectivity index (χ1n) is 10.2. The lowest BCUT2D eigenvalue weighted by Crippen LogP contribution is -2.49. The summed E-state index contributed by atoms with van der Waals surface area (Å²) in [7, 11) is 0. The number of aryl methyl sites for hydroxylation is 1. The van der Waals surface area contributed by atoms with E-state index in [1.54, 1.807) is 23.1 Å². The number of furan rings is 1. The van der Waals surface area contributed by atoms with Crippen LogP contribution in [0.15, 0.2) is 59.0 Å². The summed E-state index contributed by atoms with van der Waals surface area (Å²) in [6, 6.07) is 16.1. The van der Waals surface area contributed by atoms with Crippen LogP contribution in [-0.2, 0) is 0 Å². The number of amides is 1. The van der Waals surface area contributed by atoms with E-state index in [0.29, 0.717) is 43.1 Å². The van der Waals surface area contributed by atoms with Crippen molar-refractivity contribution >= 4 is 39.0 Å².